The molecule has 1 N–H and O–H groups in total. The Hall–Kier alpha value is -0.870. The molecule has 2 heteroatoms. The van der Waals surface area contributed by atoms with Gasteiger partial charge in [0.25, 0.3) is 0 Å². The lowest BCUT2D eigenvalue weighted by atomic mass is 9.91. The quantitative estimate of drug-likeness (QED) is 0.741. The van der Waals surface area contributed by atoms with Crippen LogP contribution in [0.1, 0.15) is 42.1 Å². The van der Waals surface area contributed by atoms with Crippen molar-refractivity contribution in [1.29, 1.82) is 0 Å². The van der Waals surface area contributed by atoms with Gasteiger partial charge in [0.2, 0.25) is 0 Å². The highest BCUT2D eigenvalue weighted by Crippen LogP contribution is 2.27. The second kappa shape index (κ2) is 7.23. The fourth-order valence-corrected chi connectivity index (χ4v) is 2.97. The van der Waals surface area contributed by atoms with Crippen LogP contribution in [0.4, 0.5) is 0 Å². The average molecular weight is 379 g/mol. The van der Waals surface area contributed by atoms with Crippen LogP contribution in [0.3, 0.4) is 0 Å². The minimum atomic E-state index is 0.272. The monoisotopic (exact) mass is 379 g/mol. The zero-order chi connectivity index (χ0) is 14.5. The van der Waals surface area contributed by atoms with Gasteiger partial charge >= 0.3 is 0 Å². The summed E-state index contributed by atoms with van der Waals surface area (Å²) in [4.78, 5) is 0. The number of rotatable bonds is 5. The number of benzene rings is 2. The summed E-state index contributed by atoms with van der Waals surface area (Å²) >= 11 is 2.35. The summed E-state index contributed by atoms with van der Waals surface area (Å²) in [5.74, 6) is 0. The lowest BCUT2D eigenvalue weighted by Gasteiger charge is -2.21. The van der Waals surface area contributed by atoms with E-state index >= 15 is 0 Å². The second-order valence-corrected chi connectivity index (χ2v) is 6.26. The Balaban J connectivity index is 2.47. The zero-order valence-corrected chi connectivity index (χ0v) is 14.6. The largest absolute Gasteiger partial charge is 0.309 e. The van der Waals surface area contributed by atoms with E-state index in [1.54, 1.807) is 0 Å². The molecule has 0 spiro atoms. The number of hydrogen-bond acceptors (Lipinski definition) is 1. The zero-order valence-electron chi connectivity index (χ0n) is 12.4. The van der Waals surface area contributed by atoms with Crippen LogP contribution in [-0.2, 0) is 12.8 Å². The van der Waals surface area contributed by atoms with Crippen molar-refractivity contribution in [2.75, 3.05) is 7.05 Å². The summed E-state index contributed by atoms with van der Waals surface area (Å²) in [6.07, 6.45) is 2.15. The van der Waals surface area contributed by atoms with E-state index in [1.807, 2.05) is 7.05 Å². The van der Waals surface area contributed by atoms with Crippen LogP contribution in [0.5, 0.6) is 0 Å². The Kier molecular flexibility index (Phi) is 5.61. The standard InChI is InChI=1S/C18H22IN/c1-4-13-6-7-14(5-2)17(12-13)18(20-3)15-8-10-16(19)11-9-15/h6-12,18,20H,4-5H2,1-3H3. The first-order valence-electron chi connectivity index (χ1n) is 7.24. The van der Waals surface area contributed by atoms with Gasteiger partial charge in [-0.15, -0.1) is 0 Å². The van der Waals surface area contributed by atoms with Gasteiger partial charge in [-0.25, -0.2) is 0 Å². The molecule has 0 aromatic heterocycles. The third kappa shape index (κ3) is 3.41. The van der Waals surface area contributed by atoms with Crippen LogP contribution in [0.15, 0.2) is 42.5 Å². The Morgan fingerprint density at radius 1 is 1.00 bits per heavy atom. The van der Waals surface area contributed by atoms with Gasteiger partial charge in [0.05, 0.1) is 6.04 Å². The van der Waals surface area contributed by atoms with Gasteiger partial charge in [0.1, 0.15) is 0 Å². The normalized spacial score (nSPS) is 12.4. The van der Waals surface area contributed by atoms with Gasteiger partial charge in [-0.1, -0.05) is 44.2 Å². The molecule has 1 unspecified atom stereocenters. The Morgan fingerprint density at radius 3 is 2.25 bits per heavy atom. The van der Waals surface area contributed by atoms with E-state index in [0.717, 1.165) is 12.8 Å². The number of halogens is 1. The third-order valence-electron chi connectivity index (χ3n) is 3.80. The molecule has 0 saturated heterocycles. The van der Waals surface area contributed by atoms with Crippen LogP contribution >= 0.6 is 22.6 Å². The summed E-state index contributed by atoms with van der Waals surface area (Å²) < 4.78 is 1.28. The van der Waals surface area contributed by atoms with Crippen LogP contribution < -0.4 is 5.32 Å². The Morgan fingerprint density at radius 2 is 1.70 bits per heavy atom. The summed E-state index contributed by atoms with van der Waals surface area (Å²) in [7, 11) is 2.04. The summed E-state index contributed by atoms with van der Waals surface area (Å²) in [5, 5.41) is 3.48. The topological polar surface area (TPSA) is 12.0 Å². The fourth-order valence-electron chi connectivity index (χ4n) is 2.61. The summed E-state index contributed by atoms with van der Waals surface area (Å²) in [5.41, 5.74) is 5.58. The smallest absolute Gasteiger partial charge is 0.0577 e. The van der Waals surface area contributed by atoms with Gasteiger partial charge in [-0.3, -0.25) is 0 Å². The maximum atomic E-state index is 3.48. The van der Waals surface area contributed by atoms with E-state index in [0.29, 0.717) is 0 Å². The minimum absolute atomic E-state index is 0.272. The molecule has 2 aromatic rings. The van der Waals surface area contributed by atoms with E-state index < -0.39 is 0 Å². The highest BCUT2D eigenvalue weighted by atomic mass is 127. The van der Waals surface area contributed by atoms with Crippen molar-refractivity contribution in [1.82, 2.24) is 5.32 Å². The molecule has 0 amide bonds. The van der Waals surface area contributed by atoms with Gasteiger partial charge < -0.3 is 5.32 Å². The highest BCUT2D eigenvalue weighted by molar-refractivity contribution is 14.1. The number of aryl methyl sites for hydroxylation is 2. The molecule has 106 valence electrons. The van der Waals surface area contributed by atoms with E-state index in [-0.39, 0.29) is 6.04 Å². The van der Waals surface area contributed by atoms with Gasteiger partial charge in [0.15, 0.2) is 0 Å². The average Bonchev–Trinajstić information content (AvgIpc) is 2.49. The number of nitrogens with one attached hydrogen (secondary N) is 1. The van der Waals surface area contributed by atoms with Crippen molar-refractivity contribution in [3.05, 3.63) is 68.3 Å². The van der Waals surface area contributed by atoms with Crippen molar-refractivity contribution in [3.8, 4) is 0 Å². The molecule has 1 atom stereocenters. The minimum Gasteiger partial charge on any atom is -0.309 e. The molecule has 0 aliphatic carbocycles. The molecule has 20 heavy (non-hydrogen) atoms. The molecule has 0 radical (unpaired) electrons. The summed E-state index contributed by atoms with van der Waals surface area (Å²) in [6.45, 7) is 4.44. The molecular weight excluding hydrogens is 357 g/mol. The maximum Gasteiger partial charge on any atom is 0.0577 e. The molecule has 0 saturated carbocycles. The fraction of sp³-hybridized carbons (Fsp3) is 0.333. The molecule has 0 bridgehead atoms. The van der Waals surface area contributed by atoms with Crippen molar-refractivity contribution in [2.45, 2.75) is 32.7 Å². The van der Waals surface area contributed by atoms with E-state index in [2.05, 4.69) is 84.2 Å². The van der Waals surface area contributed by atoms with Crippen molar-refractivity contribution >= 4 is 22.6 Å². The van der Waals surface area contributed by atoms with Gasteiger partial charge in [-0.05, 0) is 76.9 Å². The molecule has 0 fully saturated rings. The van der Waals surface area contributed by atoms with Crippen molar-refractivity contribution in [2.24, 2.45) is 0 Å². The van der Waals surface area contributed by atoms with Crippen molar-refractivity contribution < 1.29 is 0 Å². The van der Waals surface area contributed by atoms with E-state index in [4.69, 9.17) is 0 Å². The Labute approximate surface area is 135 Å². The predicted octanol–water partition coefficient (Wildman–Crippen LogP) is 4.72. The molecule has 0 heterocycles. The lowest BCUT2D eigenvalue weighted by molar-refractivity contribution is 0.683. The summed E-state index contributed by atoms with van der Waals surface area (Å²) in [6, 6.07) is 16.0. The first-order valence-corrected chi connectivity index (χ1v) is 8.31. The van der Waals surface area contributed by atoms with E-state index in [9.17, 15) is 0 Å². The SMILES string of the molecule is CCc1ccc(CC)c(C(NC)c2ccc(I)cc2)c1. The van der Waals surface area contributed by atoms with Crippen molar-refractivity contribution in [3.63, 3.8) is 0 Å². The molecule has 2 aromatic carbocycles. The number of hydrogen-bond donors (Lipinski definition) is 1. The van der Waals surface area contributed by atoms with Crippen LogP contribution in [0.25, 0.3) is 0 Å². The van der Waals surface area contributed by atoms with Gasteiger partial charge in [0, 0.05) is 3.57 Å². The highest BCUT2D eigenvalue weighted by Gasteiger charge is 2.15. The predicted molar refractivity (Wildman–Crippen MR) is 95.3 cm³/mol. The first kappa shape index (κ1) is 15.5. The lowest BCUT2D eigenvalue weighted by Crippen LogP contribution is -2.19. The molecule has 1 nitrogen and oxygen atoms in total. The van der Waals surface area contributed by atoms with Crippen LogP contribution in [0, 0.1) is 3.57 Å². The van der Waals surface area contributed by atoms with Crippen LogP contribution in [-0.4, -0.2) is 7.05 Å². The molecule has 0 aliphatic rings. The van der Waals surface area contributed by atoms with Crippen LogP contribution in [0.2, 0.25) is 0 Å². The molecular formula is C18H22IN. The first-order chi connectivity index (χ1) is 9.69. The molecule has 0 aliphatic heterocycles. The van der Waals surface area contributed by atoms with Gasteiger partial charge in [-0.2, -0.15) is 0 Å². The third-order valence-corrected chi connectivity index (χ3v) is 4.52. The molecule has 2 rings (SSSR count). The second-order valence-electron chi connectivity index (χ2n) is 5.01. The Bertz CT molecular complexity index is 560. The van der Waals surface area contributed by atoms with E-state index in [1.165, 1.54) is 25.8 Å². The maximum absolute atomic E-state index is 3.48.